The molecule has 150 valence electrons. The highest BCUT2D eigenvalue weighted by Crippen LogP contribution is 2.26. The van der Waals surface area contributed by atoms with Gasteiger partial charge in [-0.15, -0.1) is 0 Å². The van der Waals surface area contributed by atoms with E-state index in [-0.39, 0.29) is 30.0 Å². The lowest BCUT2D eigenvalue weighted by Crippen LogP contribution is -2.62. The van der Waals surface area contributed by atoms with Crippen LogP contribution >= 0.6 is 0 Å². The number of likely N-dealkylation sites (N-methyl/N-ethyl adjacent to an activating group) is 1. The maximum absolute atomic E-state index is 12.7. The topological polar surface area (TPSA) is 106 Å². The van der Waals surface area contributed by atoms with Gasteiger partial charge in [-0.1, -0.05) is 13.8 Å². The molecule has 1 atom stereocenters. The number of ether oxygens (including phenoxy) is 1. The van der Waals surface area contributed by atoms with E-state index in [0.717, 1.165) is 6.42 Å². The lowest BCUT2D eigenvalue weighted by molar-refractivity contribution is -0.132. The fourth-order valence-electron chi connectivity index (χ4n) is 2.86. The molecule has 0 spiro atoms. The molecule has 1 aliphatic heterocycles. The van der Waals surface area contributed by atoms with E-state index in [4.69, 9.17) is 4.74 Å². The maximum atomic E-state index is 12.7. The van der Waals surface area contributed by atoms with Gasteiger partial charge in [0.1, 0.15) is 11.2 Å². The van der Waals surface area contributed by atoms with Crippen LogP contribution in [0, 0.1) is 5.92 Å². The van der Waals surface area contributed by atoms with Gasteiger partial charge in [0.15, 0.2) is 5.69 Å². The van der Waals surface area contributed by atoms with E-state index in [1.807, 2.05) is 0 Å². The number of hydrogen-bond acceptors (Lipinski definition) is 5. The van der Waals surface area contributed by atoms with E-state index in [0.29, 0.717) is 31.3 Å². The number of carbonyl (C=O) groups excluding carboxylic acids is 3. The van der Waals surface area contributed by atoms with Gasteiger partial charge in [-0.05, 0) is 19.3 Å². The quantitative estimate of drug-likeness (QED) is 0.631. The van der Waals surface area contributed by atoms with Crippen molar-refractivity contribution in [1.82, 2.24) is 25.3 Å². The number of fused-ring (bicyclic) bond motifs is 1. The first-order chi connectivity index (χ1) is 12.7. The summed E-state index contributed by atoms with van der Waals surface area (Å²) in [7, 11) is 3.14. The van der Waals surface area contributed by atoms with Crippen molar-refractivity contribution in [3.63, 3.8) is 0 Å². The van der Waals surface area contributed by atoms with Gasteiger partial charge in [0.25, 0.3) is 11.8 Å². The van der Waals surface area contributed by atoms with Crippen molar-refractivity contribution in [2.75, 3.05) is 33.9 Å². The SMILES string of the molecule is COCCNC(=O)c1cc2n(n1)C[C@](C)(C(=O)NCCC(C)C)N(C)C2=O. The summed E-state index contributed by atoms with van der Waals surface area (Å²) < 4.78 is 6.34. The summed E-state index contributed by atoms with van der Waals surface area (Å²) >= 11 is 0. The first-order valence-corrected chi connectivity index (χ1v) is 9.12. The molecule has 1 aromatic rings. The van der Waals surface area contributed by atoms with Crippen molar-refractivity contribution >= 4 is 17.7 Å². The molecule has 2 N–H and O–H groups in total. The molecule has 3 amide bonds. The van der Waals surface area contributed by atoms with Crippen molar-refractivity contribution in [3.8, 4) is 0 Å². The van der Waals surface area contributed by atoms with Crippen LogP contribution in [0.25, 0.3) is 0 Å². The fraction of sp³-hybridized carbons (Fsp3) is 0.667. The minimum absolute atomic E-state index is 0.146. The van der Waals surface area contributed by atoms with Crippen LogP contribution in [-0.2, 0) is 16.1 Å². The Labute approximate surface area is 159 Å². The van der Waals surface area contributed by atoms with E-state index in [9.17, 15) is 14.4 Å². The van der Waals surface area contributed by atoms with Crippen molar-refractivity contribution in [2.45, 2.75) is 39.3 Å². The van der Waals surface area contributed by atoms with Crippen LogP contribution in [0.1, 0.15) is 48.2 Å². The standard InChI is InChI=1S/C18H29N5O4/c1-12(2)6-7-20-17(26)18(3)11-23-14(16(25)22(18)4)10-13(21-23)15(24)19-8-9-27-5/h10,12H,6-9,11H2,1-5H3,(H,19,24)(H,20,26)/t18-/m1/s1. The third-order valence-electron chi connectivity index (χ3n) is 4.82. The summed E-state index contributed by atoms with van der Waals surface area (Å²) in [5.41, 5.74) is -0.633. The molecular formula is C18H29N5O4. The highest BCUT2D eigenvalue weighted by atomic mass is 16.5. The highest BCUT2D eigenvalue weighted by Gasteiger charge is 2.46. The maximum Gasteiger partial charge on any atom is 0.272 e. The van der Waals surface area contributed by atoms with Gasteiger partial charge in [0.05, 0.1) is 13.2 Å². The molecule has 0 radical (unpaired) electrons. The Kier molecular flexibility index (Phi) is 6.59. The molecule has 0 bridgehead atoms. The number of rotatable bonds is 8. The molecule has 0 aromatic carbocycles. The van der Waals surface area contributed by atoms with Crippen LogP contribution < -0.4 is 10.6 Å². The van der Waals surface area contributed by atoms with Gasteiger partial charge in [0, 0.05) is 33.3 Å². The highest BCUT2D eigenvalue weighted by molar-refractivity contribution is 6.01. The predicted molar refractivity (Wildman–Crippen MR) is 99.4 cm³/mol. The summed E-state index contributed by atoms with van der Waals surface area (Å²) in [4.78, 5) is 39.1. The molecule has 0 unspecified atom stereocenters. The second-order valence-corrected chi connectivity index (χ2v) is 7.40. The molecule has 27 heavy (non-hydrogen) atoms. The van der Waals surface area contributed by atoms with Crippen molar-refractivity contribution in [1.29, 1.82) is 0 Å². The Bertz CT molecular complexity index is 715. The second-order valence-electron chi connectivity index (χ2n) is 7.40. The average Bonchev–Trinajstić information content (AvgIpc) is 3.03. The van der Waals surface area contributed by atoms with Gasteiger partial charge < -0.3 is 20.3 Å². The number of methoxy groups -OCH3 is 1. The molecule has 1 aromatic heterocycles. The molecule has 0 saturated heterocycles. The molecule has 0 saturated carbocycles. The summed E-state index contributed by atoms with van der Waals surface area (Å²) in [5.74, 6) is -0.481. The van der Waals surface area contributed by atoms with E-state index in [2.05, 4.69) is 29.6 Å². The number of amides is 3. The monoisotopic (exact) mass is 379 g/mol. The van der Waals surface area contributed by atoms with Crippen molar-refractivity contribution in [2.24, 2.45) is 5.92 Å². The van der Waals surface area contributed by atoms with E-state index in [1.54, 1.807) is 21.1 Å². The van der Waals surface area contributed by atoms with Crippen LogP contribution in [0.4, 0.5) is 0 Å². The molecule has 9 heteroatoms. The van der Waals surface area contributed by atoms with Gasteiger partial charge in [0.2, 0.25) is 5.91 Å². The summed E-state index contributed by atoms with van der Waals surface area (Å²) in [6.45, 7) is 7.34. The third-order valence-corrected chi connectivity index (χ3v) is 4.82. The zero-order valence-corrected chi connectivity index (χ0v) is 16.7. The Morgan fingerprint density at radius 3 is 2.67 bits per heavy atom. The van der Waals surface area contributed by atoms with Crippen LogP contribution in [0.15, 0.2) is 6.07 Å². The predicted octanol–water partition coefficient (Wildman–Crippen LogP) is 0.266. The molecular weight excluding hydrogens is 350 g/mol. The largest absolute Gasteiger partial charge is 0.383 e. The number of nitrogens with zero attached hydrogens (tertiary/aromatic N) is 3. The summed E-state index contributed by atoms with van der Waals surface area (Å²) in [5, 5.41) is 9.81. The minimum atomic E-state index is -1.07. The number of hydrogen-bond donors (Lipinski definition) is 2. The molecule has 2 rings (SSSR count). The number of aromatic nitrogens is 2. The Morgan fingerprint density at radius 2 is 2.04 bits per heavy atom. The van der Waals surface area contributed by atoms with E-state index < -0.39 is 5.54 Å². The van der Waals surface area contributed by atoms with Gasteiger partial charge >= 0.3 is 0 Å². The lowest BCUT2D eigenvalue weighted by Gasteiger charge is -2.40. The zero-order valence-electron chi connectivity index (χ0n) is 16.7. The zero-order chi connectivity index (χ0) is 20.2. The third kappa shape index (κ3) is 4.47. The van der Waals surface area contributed by atoms with Crippen LogP contribution in [-0.4, -0.2) is 71.8 Å². The molecule has 0 aliphatic carbocycles. The van der Waals surface area contributed by atoms with Gasteiger partial charge in [-0.3, -0.25) is 19.1 Å². The van der Waals surface area contributed by atoms with Crippen LogP contribution in [0.5, 0.6) is 0 Å². The number of nitrogens with one attached hydrogen (secondary N) is 2. The first kappa shape index (κ1) is 20.9. The number of carbonyl (C=O) groups is 3. The molecule has 2 heterocycles. The summed E-state index contributed by atoms with van der Waals surface area (Å²) in [6, 6.07) is 1.46. The molecule has 1 aliphatic rings. The van der Waals surface area contributed by atoms with Crippen LogP contribution in [0.3, 0.4) is 0 Å². The van der Waals surface area contributed by atoms with E-state index >= 15 is 0 Å². The second kappa shape index (κ2) is 8.51. The molecule has 9 nitrogen and oxygen atoms in total. The summed E-state index contributed by atoms with van der Waals surface area (Å²) in [6.07, 6.45) is 0.859. The Balaban J connectivity index is 2.16. The minimum Gasteiger partial charge on any atom is -0.383 e. The van der Waals surface area contributed by atoms with Crippen molar-refractivity contribution in [3.05, 3.63) is 17.5 Å². The van der Waals surface area contributed by atoms with Gasteiger partial charge in [-0.25, -0.2) is 0 Å². The van der Waals surface area contributed by atoms with Crippen LogP contribution in [0.2, 0.25) is 0 Å². The molecule has 0 fully saturated rings. The Morgan fingerprint density at radius 1 is 1.33 bits per heavy atom. The Hall–Kier alpha value is -2.42. The normalized spacial score (nSPS) is 19.2. The fourth-order valence-corrected chi connectivity index (χ4v) is 2.86. The lowest BCUT2D eigenvalue weighted by atomic mass is 9.95. The smallest absolute Gasteiger partial charge is 0.272 e. The van der Waals surface area contributed by atoms with E-state index in [1.165, 1.54) is 15.6 Å². The van der Waals surface area contributed by atoms with Gasteiger partial charge in [-0.2, -0.15) is 5.10 Å². The average molecular weight is 379 g/mol. The van der Waals surface area contributed by atoms with Crippen molar-refractivity contribution < 1.29 is 19.1 Å². The first-order valence-electron chi connectivity index (χ1n) is 9.12.